The van der Waals surface area contributed by atoms with Gasteiger partial charge in [0.1, 0.15) is 5.82 Å². The van der Waals surface area contributed by atoms with E-state index >= 15 is 0 Å². The first kappa shape index (κ1) is 16.3. The molecule has 1 aromatic carbocycles. The molecule has 1 fully saturated rings. The van der Waals surface area contributed by atoms with Gasteiger partial charge in [-0.3, -0.25) is 14.9 Å². The minimum Gasteiger partial charge on any atom is -0.359 e. The quantitative estimate of drug-likeness (QED) is 0.848. The first-order valence-corrected chi connectivity index (χ1v) is 8.40. The Hall–Kier alpha value is -2.60. The summed E-state index contributed by atoms with van der Waals surface area (Å²) in [6.45, 7) is 0.838. The summed E-state index contributed by atoms with van der Waals surface area (Å²) in [4.78, 5) is 29.8. The third-order valence-corrected chi connectivity index (χ3v) is 4.46. The molecule has 0 unspecified atom stereocenters. The standard InChI is InChI=1S/C18H17N3O2S/c1-21(11-10-13-6-3-2-4-7-13)16-9-5-8-14(19-16)12-15-17(22)20-18(23)24-15/h2-9,12H,10-11H2,1H3,(H,20,22,23). The maximum absolute atomic E-state index is 11.6. The van der Waals surface area contributed by atoms with Gasteiger partial charge in [0.05, 0.1) is 10.6 Å². The minimum absolute atomic E-state index is 0.345. The van der Waals surface area contributed by atoms with Crippen LogP contribution in [0.1, 0.15) is 11.3 Å². The second kappa shape index (κ2) is 7.31. The normalized spacial score (nSPS) is 15.6. The minimum atomic E-state index is -0.366. The molecule has 0 radical (unpaired) electrons. The topological polar surface area (TPSA) is 62.3 Å². The van der Waals surface area contributed by atoms with Gasteiger partial charge in [0, 0.05) is 13.6 Å². The van der Waals surface area contributed by atoms with E-state index in [0.717, 1.165) is 30.5 Å². The van der Waals surface area contributed by atoms with Crippen molar-refractivity contribution >= 4 is 34.8 Å². The summed E-state index contributed by atoms with van der Waals surface area (Å²) < 4.78 is 0. The summed E-state index contributed by atoms with van der Waals surface area (Å²) in [5.74, 6) is 0.463. The highest BCUT2D eigenvalue weighted by molar-refractivity contribution is 8.18. The summed E-state index contributed by atoms with van der Waals surface area (Å²) in [5, 5.41) is 1.90. The van der Waals surface area contributed by atoms with Crippen LogP contribution in [0.3, 0.4) is 0 Å². The zero-order valence-electron chi connectivity index (χ0n) is 13.2. The van der Waals surface area contributed by atoms with Gasteiger partial charge in [0.2, 0.25) is 0 Å². The van der Waals surface area contributed by atoms with Gasteiger partial charge >= 0.3 is 0 Å². The molecule has 2 amide bonds. The molecule has 24 heavy (non-hydrogen) atoms. The van der Waals surface area contributed by atoms with Crippen molar-refractivity contribution in [2.24, 2.45) is 0 Å². The predicted octanol–water partition coefficient (Wildman–Crippen LogP) is 3.08. The summed E-state index contributed by atoms with van der Waals surface area (Å²) in [6.07, 6.45) is 2.57. The number of pyridine rings is 1. The lowest BCUT2D eigenvalue weighted by Gasteiger charge is -2.18. The predicted molar refractivity (Wildman–Crippen MR) is 96.8 cm³/mol. The third kappa shape index (κ3) is 4.02. The molecular formula is C18H17N3O2S. The van der Waals surface area contributed by atoms with Crippen LogP contribution in [-0.4, -0.2) is 29.7 Å². The number of likely N-dealkylation sites (N-methyl/N-ethyl adjacent to an activating group) is 1. The second-order valence-corrected chi connectivity index (χ2v) is 6.44. The van der Waals surface area contributed by atoms with E-state index < -0.39 is 0 Å². The Morgan fingerprint density at radius 3 is 2.62 bits per heavy atom. The molecule has 0 aliphatic carbocycles. The molecule has 1 saturated heterocycles. The van der Waals surface area contributed by atoms with Crippen LogP contribution < -0.4 is 10.2 Å². The van der Waals surface area contributed by atoms with Gasteiger partial charge < -0.3 is 4.90 Å². The number of amides is 2. The Bertz CT molecular complexity index is 790. The SMILES string of the molecule is CN(CCc1ccccc1)c1cccc(C=C2SC(=O)NC2=O)n1. The highest BCUT2D eigenvalue weighted by Crippen LogP contribution is 2.25. The Kier molecular flexibility index (Phi) is 4.96. The van der Waals surface area contributed by atoms with Gasteiger partial charge in [-0.1, -0.05) is 36.4 Å². The van der Waals surface area contributed by atoms with E-state index in [4.69, 9.17) is 0 Å². The van der Waals surface area contributed by atoms with Crippen LogP contribution in [0, 0.1) is 0 Å². The molecule has 1 aliphatic heterocycles. The maximum Gasteiger partial charge on any atom is 0.290 e. The number of rotatable bonds is 5. The molecule has 2 aromatic rings. The molecule has 1 aliphatic rings. The Balaban J connectivity index is 1.69. The molecule has 2 heterocycles. The largest absolute Gasteiger partial charge is 0.359 e. The molecule has 0 bridgehead atoms. The average Bonchev–Trinajstić information content (AvgIpc) is 2.91. The van der Waals surface area contributed by atoms with E-state index in [1.54, 1.807) is 6.08 Å². The van der Waals surface area contributed by atoms with Crippen LogP contribution in [0.15, 0.2) is 53.4 Å². The van der Waals surface area contributed by atoms with Gasteiger partial charge in [-0.25, -0.2) is 4.98 Å². The summed E-state index contributed by atoms with van der Waals surface area (Å²) >= 11 is 0.898. The van der Waals surface area contributed by atoms with E-state index in [1.165, 1.54) is 5.56 Å². The molecule has 122 valence electrons. The van der Waals surface area contributed by atoms with Crippen molar-refractivity contribution in [3.8, 4) is 0 Å². The van der Waals surface area contributed by atoms with Crippen molar-refractivity contribution in [3.05, 3.63) is 64.7 Å². The number of thioether (sulfide) groups is 1. The lowest BCUT2D eigenvalue weighted by atomic mass is 10.1. The number of carbonyl (C=O) groups excluding carboxylic acids is 2. The number of carbonyl (C=O) groups is 2. The molecule has 0 saturated carbocycles. The van der Waals surface area contributed by atoms with E-state index in [1.807, 2.05) is 43.4 Å². The van der Waals surface area contributed by atoms with Gasteiger partial charge in [-0.05, 0) is 42.0 Å². The smallest absolute Gasteiger partial charge is 0.290 e. The van der Waals surface area contributed by atoms with Crippen molar-refractivity contribution in [3.63, 3.8) is 0 Å². The van der Waals surface area contributed by atoms with Crippen LogP contribution in [0.4, 0.5) is 10.6 Å². The summed E-state index contributed by atoms with van der Waals surface area (Å²) in [6, 6.07) is 15.9. The third-order valence-electron chi connectivity index (χ3n) is 3.65. The fourth-order valence-electron chi connectivity index (χ4n) is 2.34. The van der Waals surface area contributed by atoms with Gasteiger partial charge in [-0.2, -0.15) is 0 Å². The van der Waals surface area contributed by atoms with E-state index in [-0.39, 0.29) is 11.1 Å². The van der Waals surface area contributed by atoms with E-state index in [0.29, 0.717) is 10.6 Å². The monoisotopic (exact) mass is 339 g/mol. The Labute approximate surface area is 144 Å². The van der Waals surface area contributed by atoms with Crippen LogP contribution in [0.2, 0.25) is 0 Å². The first-order chi connectivity index (χ1) is 11.6. The van der Waals surface area contributed by atoms with Crippen molar-refractivity contribution in [1.29, 1.82) is 0 Å². The number of hydrogen-bond acceptors (Lipinski definition) is 5. The van der Waals surface area contributed by atoms with Crippen molar-refractivity contribution in [1.82, 2.24) is 10.3 Å². The summed E-state index contributed by atoms with van der Waals surface area (Å²) in [7, 11) is 1.99. The van der Waals surface area contributed by atoms with Crippen molar-refractivity contribution < 1.29 is 9.59 Å². The van der Waals surface area contributed by atoms with E-state index in [2.05, 4.69) is 27.3 Å². The van der Waals surface area contributed by atoms with Gasteiger partial charge in [0.15, 0.2) is 0 Å². The highest BCUT2D eigenvalue weighted by atomic mass is 32.2. The molecule has 0 spiro atoms. The highest BCUT2D eigenvalue weighted by Gasteiger charge is 2.25. The van der Waals surface area contributed by atoms with Crippen LogP contribution in [0.5, 0.6) is 0 Å². The molecule has 0 atom stereocenters. The van der Waals surface area contributed by atoms with Crippen LogP contribution in [0.25, 0.3) is 6.08 Å². The number of nitrogens with one attached hydrogen (secondary N) is 1. The number of hydrogen-bond donors (Lipinski definition) is 1. The molecular weight excluding hydrogens is 322 g/mol. The zero-order chi connectivity index (χ0) is 16.9. The second-order valence-electron chi connectivity index (χ2n) is 5.43. The number of nitrogens with zero attached hydrogens (tertiary/aromatic N) is 2. The lowest BCUT2D eigenvalue weighted by Crippen LogP contribution is -2.21. The average molecular weight is 339 g/mol. The molecule has 6 heteroatoms. The fraction of sp³-hybridized carbons (Fsp3) is 0.167. The fourth-order valence-corrected chi connectivity index (χ4v) is 3.01. The number of imide groups is 1. The Morgan fingerprint density at radius 2 is 1.92 bits per heavy atom. The molecule has 5 nitrogen and oxygen atoms in total. The maximum atomic E-state index is 11.6. The molecule has 3 rings (SSSR count). The molecule has 1 aromatic heterocycles. The zero-order valence-corrected chi connectivity index (χ0v) is 14.0. The molecule has 1 N–H and O–H groups in total. The number of aromatic nitrogens is 1. The lowest BCUT2D eigenvalue weighted by molar-refractivity contribution is -0.115. The first-order valence-electron chi connectivity index (χ1n) is 7.59. The number of anilines is 1. The Morgan fingerprint density at radius 1 is 1.12 bits per heavy atom. The number of benzene rings is 1. The van der Waals surface area contributed by atoms with Crippen molar-refractivity contribution in [2.45, 2.75) is 6.42 Å². The van der Waals surface area contributed by atoms with Crippen molar-refractivity contribution in [2.75, 3.05) is 18.5 Å². The van der Waals surface area contributed by atoms with Gasteiger partial charge in [-0.15, -0.1) is 0 Å². The van der Waals surface area contributed by atoms with Gasteiger partial charge in [0.25, 0.3) is 11.1 Å². The van der Waals surface area contributed by atoms with E-state index in [9.17, 15) is 9.59 Å². The summed E-state index contributed by atoms with van der Waals surface area (Å²) in [5.41, 5.74) is 1.94. The van der Waals surface area contributed by atoms with Crippen LogP contribution in [-0.2, 0) is 11.2 Å². The van der Waals surface area contributed by atoms with Crippen LogP contribution >= 0.6 is 11.8 Å².